The Morgan fingerprint density at radius 2 is 1.69 bits per heavy atom. The first-order valence-electron chi connectivity index (χ1n) is 16.2. The number of benzene rings is 1. The number of morpholine rings is 1. The van der Waals surface area contributed by atoms with Crippen LogP contribution in [0, 0.1) is 5.82 Å². The number of nitrogens with zero attached hydrogens (tertiary/aromatic N) is 5. The van der Waals surface area contributed by atoms with E-state index in [-0.39, 0.29) is 53.9 Å². The molecule has 10 heteroatoms. The summed E-state index contributed by atoms with van der Waals surface area (Å²) in [5.74, 6) is -0.241. The first kappa shape index (κ1) is 33.3. The zero-order valence-corrected chi connectivity index (χ0v) is 28.2. The first-order valence-corrected chi connectivity index (χ1v) is 16.2. The Morgan fingerprint density at radius 1 is 1.02 bits per heavy atom. The number of hydrogen-bond acceptors (Lipinski definition) is 7. The molecule has 0 unspecified atom stereocenters. The van der Waals surface area contributed by atoms with E-state index in [1.54, 1.807) is 12.1 Å². The molecule has 0 aliphatic carbocycles. The molecule has 1 aromatic carbocycles. The minimum absolute atomic E-state index is 0.0218. The van der Waals surface area contributed by atoms with Gasteiger partial charge in [-0.25, -0.2) is 9.18 Å². The van der Waals surface area contributed by atoms with Crippen molar-refractivity contribution in [1.82, 2.24) is 19.7 Å². The number of amides is 2. The second-order valence-electron chi connectivity index (χ2n) is 14.9. The van der Waals surface area contributed by atoms with Crippen LogP contribution in [0.1, 0.15) is 72.2 Å². The van der Waals surface area contributed by atoms with E-state index in [1.165, 1.54) is 12.1 Å². The molecule has 2 amide bonds. The maximum absolute atomic E-state index is 14.2. The number of hydrogen-bond donors (Lipinski definition) is 0. The van der Waals surface area contributed by atoms with Crippen molar-refractivity contribution < 1.29 is 23.5 Å². The molecule has 3 aliphatic rings. The maximum atomic E-state index is 14.2. The number of anilines is 1. The molecule has 0 spiro atoms. The van der Waals surface area contributed by atoms with Gasteiger partial charge in [0.15, 0.2) is 0 Å². The van der Waals surface area contributed by atoms with Gasteiger partial charge in [0.2, 0.25) is 5.91 Å². The zero-order valence-electron chi connectivity index (χ0n) is 28.2. The Bertz CT molecular complexity index is 1370. The molecule has 45 heavy (non-hydrogen) atoms. The summed E-state index contributed by atoms with van der Waals surface area (Å²) in [6.45, 7) is 20.1. The van der Waals surface area contributed by atoms with Gasteiger partial charge in [-0.1, -0.05) is 26.0 Å². The van der Waals surface area contributed by atoms with Crippen LogP contribution in [0.4, 0.5) is 14.9 Å². The smallest absolute Gasteiger partial charge is 0.410 e. The topological polar surface area (TPSA) is 78.5 Å². The van der Waals surface area contributed by atoms with Gasteiger partial charge in [0.1, 0.15) is 11.4 Å². The minimum Gasteiger partial charge on any atom is -0.444 e. The van der Waals surface area contributed by atoms with Crippen LogP contribution in [-0.4, -0.2) is 107 Å². The second-order valence-corrected chi connectivity index (χ2v) is 14.9. The van der Waals surface area contributed by atoms with Gasteiger partial charge in [-0.05, 0) is 77.3 Å². The lowest BCUT2D eigenvalue weighted by atomic mass is 9.91. The quantitative estimate of drug-likeness (QED) is 0.455. The van der Waals surface area contributed by atoms with Crippen molar-refractivity contribution in [2.24, 2.45) is 0 Å². The van der Waals surface area contributed by atoms with Crippen molar-refractivity contribution in [2.75, 3.05) is 50.8 Å². The highest BCUT2D eigenvalue weighted by molar-refractivity contribution is 5.97. The van der Waals surface area contributed by atoms with Crippen LogP contribution in [0.15, 0.2) is 36.5 Å². The Kier molecular flexibility index (Phi) is 9.59. The maximum Gasteiger partial charge on any atom is 0.410 e. The van der Waals surface area contributed by atoms with Crippen molar-refractivity contribution in [3.8, 4) is 0 Å². The van der Waals surface area contributed by atoms with Gasteiger partial charge in [-0.2, -0.15) is 0 Å². The summed E-state index contributed by atoms with van der Waals surface area (Å²) in [6, 6.07) is 8.85. The average molecular weight is 624 g/mol. The van der Waals surface area contributed by atoms with Crippen molar-refractivity contribution in [3.05, 3.63) is 59.2 Å². The summed E-state index contributed by atoms with van der Waals surface area (Å²) < 4.78 is 25.0. The average Bonchev–Trinajstić information content (AvgIpc) is 3.22. The number of aromatic nitrogens is 1. The number of pyridine rings is 1. The molecular formula is C35H50FN5O4. The minimum atomic E-state index is -0.591. The highest BCUT2D eigenvalue weighted by atomic mass is 19.1. The molecular weight excluding hydrogens is 573 g/mol. The third-order valence-electron chi connectivity index (χ3n) is 9.22. The molecule has 4 heterocycles. The fourth-order valence-corrected chi connectivity index (χ4v) is 6.88. The Labute approximate surface area is 267 Å². The lowest BCUT2D eigenvalue weighted by Crippen LogP contribution is -2.65. The van der Waals surface area contributed by atoms with Crippen molar-refractivity contribution in [2.45, 2.75) is 97.0 Å². The molecule has 5 rings (SSSR count). The lowest BCUT2D eigenvalue weighted by Gasteiger charge is -2.48. The highest BCUT2D eigenvalue weighted by Crippen LogP contribution is 2.40. The van der Waals surface area contributed by atoms with Gasteiger partial charge in [0.25, 0.3) is 0 Å². The van der Waals surface area contributed by atoms with Crippen molar-refractivity contribution in [3.63, 3.8) is 0 Å². The fraction of sp³-hybridized carbons (Fsp3) is 0.629. The van der Waals surface area contributed by atoms with Crippen LogP contribution in [0.3, 0.4) is 0 Å². The van der Waals surface area contributed by atoms with Crippen LogP contribution in [0.25, 0.3) is 0 Å². The summed E-state index contributed by atoms with van der Waals surface area (Å²) >= 11 is 0. The van der Waals surface area contributed by atoms with Gasteiger partial charge in [0, 0.05) is 62.0 Å². The van der Waals surface area contributed by atoms with Gasteiger partial charge in [0.05, 0.1) is 31.1 Å². The predicted octanol–water partition coefficient (Wildman–Crippen LogP) is 4.85. The number of carbonyl (C=O) groups is 2. The SMILES string of the molecule is C[C@@H]1CN(CC(=O)N2CC(C)(C)c3ncc(Cc4ccc(F)cc4)cc32)[C@@H](CN2[C@H](C)COC[C@@H]2C)CN1C(=O)OC(C)(C)C. The summed E-state index contributed by atoms with van der Waals surface area (Å²) in [6.07, 6.45) is 2.16. The van der Waals surface area contributed by atoms with E-state index in [0.29, 0.717) is 39.3 Å². The van der Waals surface area contributed by atoms with Crippen molar-refractivity contribution in [1.29, 1.82) is 0 Å². The molecule has 0 saturated carbocycles. The number of halogens is 1. The van der Waals surface area contributed by atoms with Gasteiger partial charge >= 0.3 is 6.09 Å². The number of rotatable bonds is 6. The van der Waals surface area contributed by atoms with E-state index in [9.17, 15) is 14.0 Å². The van der Waals surface area contributed by atoms with Gasteiger partial charge < -0.3 is 19.3 Å². The van der Waals surface area contributed by atoms with E-state index < -0.39 is 5.60 Å². The molecule has 2 aromatic rings. The Hall–Kier alpha value is -3.08. The van der Waals surface area contributed by atoms with Crippen LogP contribution in [0.2, 0.25) is 0 Å². The van der Waals surface area contributed by atoms with Crippen molar-refractivity contribution >= 4 is 17.7 Å². The molecule has 0 bridgehead atoms. The number of piperazine rings is 1. The van der Waals surface area contributed by atoms with Crippen LogP contribution >= 0.6 is 0 Å². The van der Waals surface area contributed by atoms with E-state index in [4.69, 9.17) is 14.5 Å². The monoisotopic (exact) mass is 623 g/mol. The van der Waals surface area contributed by atoms with Gasteiger partial charge in [-0.15, -0.1) is 0 Å². The Morgan fingerprint density at radius 3 is 2.33 bits per heavy atom. The van der Waals surface area contributed by atoms with Crippen LogP contribution in [0.5, 0.6) is 0 Å². The predicted molar refractivity (Wildman–Crippen MR) is 173 cm³/mol. The largest absolute Gasteiger partial charge is 0.444 e. The number of fused-ring (bicyclic) bond motifs is 1. The first-order chi connectivity index (χ1) is 21.1. The molecule has 0 N–H and O–H groups in total. The molecule has 1 aromatic heterocycles. The number of carbonyl (C=O) groups excluding carboxylic acids is 2. The van der Waals surface area contributed by atoms with E-state index in [2.05, 4.69) is 43.6 Å². The molecule has 3 aliphatic heterocycles. The molecule has 2 saturated heterocycles. The fourth-order valence-electron chi connectivity index (χ4n) is 6.88. The molecule has 246 valence electrons. The van der Waals surface area contributed by atoms with Gasteiger partial charge in [-0.3, -0.25) is 19.6 Å². The van der Waals surface area contributed by atoms with Crippen LogP contribution in [-0.2, 0) is 26.1 Å². The lowest BCUT2D eigenvalue weighted by molar-refractivity contribution is -0.122. The summed E-state index contributed by atoms with van der Waals surface area (Å²) in [5, 5.41) is 0. The Balaban J connectivity index is 1.37. The molecule has 4 atom stereocenters. The molecule has 9 nitrogen and oxygen atoms in total. The summed E-state index contributed by atoms with van der Waals surface area (Å²) in [4.78, 5) is 40.7. The third-order valence-corrected chi connectivity index (χ3v) is 9.22. The number of ether oxygens (including phenoxy) is 2. The van der Waals surface area contributed by atoms with E-state index >= 15 is 0 Å². The standard InChI is InChI=1S/C35H50FN5O4/c1-23-16-38(29(17-39-24(2)20-44-21-25(39)3)18-40(23)33(43)45-34(4,5)6)19-31(42)41-22-35(7,8)32-30(41)14-27(15-37-32)13-26-9-11-28(36)12-10-26/h9-12,14-15,23-25,29H,13,16-22H2,1-8H3/t23-,24-,25+,29+/m1/s1. The van der Waals surface area contributed by atoms with E-state index in [0.717, 1.165) is 29.1 Å². The normalized spacial score (nSPS) is 25.7. The summed E-state index contributed by atoms with van der Waals surface area (Å²) in [5.41, 5.74) is 2.83. The zero-order chi connectivity index (χ0) is 32.7. The third kappa shape index (κ3) is 7.67. The van der Waals surface area contributed by atoms with E-state index in [1.807, 2.05) is 43.7 Å². The summed E-state index contributed by atoms with van der Waals surface area (Å²) in [7, 11) is 0. The highest BCUT2D eigenvalue weighted by Gasteiger charge is 2.43. The molecule has 0 radical (unpaired) electrons. The van der Waals surface area contributed by atoms with Crippen LogP contribution < -0.4 is 4.90 Å². The second kappa shape index (κ2) is 13.0. The molecule has 2 fully saturated rings.